The van der Waals surface area contributed by atoms with Crippen molar-refractivity contribution in [2.45, 2.75) is 32.4 Å². The van der Waals surface area contributed by atoms with Gasteiger partial charge in [-0.3, -0.25) is 0 Å². The van der Waals surface area contributed by atoms with Crippen LogP contribution in [-0.4, -0.2) is 22.2 Å². The molecule has 0 aliphatic carbocycles. The molecular formula is C14H18N4O2. The van der Waals surface area contributed by atoms with E-state index in [1.54, 1.807) is 6.07 Å². The van der Waals surface area contributed by atoms with Gasteiger partial charge in [0, 0.05) is 6.54 Å². The molecule has 1 amide bonds. The Morgan fingerprint density at radius 1 is 1.60 bits per heavy atom. The van der Waals surface area contributed by atoms with Gasteiger partial charge >= 0.3 is 6.09 Å². The molecule has 1 aromatic heterocycles. The maximum absolute atomic E-state index is 11.0. The van der Waals surface area contributed by atoms with Crippen LogP contribution in [0.4, 0.5) is 4.79 Å². The third kappa shape index (κ3) is 2.12. The number of rotatable bonds is 3. The van der Waals surface area contributed by atoms with Crippen molar-refractivity contribution < 1.29 is 9.53 Å². The standard InChI is InChI=1S/C14H18N4O2/c1-2-18-10-6-3-7-11(20-14(15)19)12(10)17-13(18)9-5-4-8-16-9/h3,6-7,9,16H,2,4-5,8H2,1H3,(H2,15,19). The molecule has 3 rings (SSSR count). The fourth-order valence-corrected chi connectivity index (χ4v) is 2.83. The van der Waals surface area contributed by atoms with E-state index in [2.05, 4.69) is 21.8 Å². The van der Waals surface area contributed by atoms with Crippen LogP contribution >= 0.6 is 0 Å². The minimum absolute atomic E-state index is 0.267. The van der Waals surface area contributed by atoms with Crippen LogP contribution in [-0.2, 0) is 6.54 Å². The first-order chi connectivity index (χ1) is 9.70. The zero-order valence-electron chi connectivity index (χ0n) is 11.4. The van der Waals surface area contributed by atoms with Crippen molar-refractivity contribution in [3.63, 3.8) is 0 Å². The van der Waals surface area contributed by atoms with Crippen LogP contribution in [0.2, 0.25) is 0 Å². The smallest absolute Gasteiger partial charge is 0.408 e. The first kappa shape index (κ1) is 12.9. The quantitative estimate of drug-likeness (QED) is 0.896. The molecule has 3 N–H and O–H groups in total. The Bertz CT molecular complexity index is 644. The summed E-state index contributed by atoms with van der Waals surface area (Å²) in [5.41, 5.74) is 6.77. The predicted octanol–water partition coefficient (Wildman–Crippen LogP) is 1.94. The summed E-state index contributed by atoms with van der Waals surface area (Å²) in [5, 5.41) is 3.45. The van der Waals surface area contributed by atoms with Crippen LogP contribution in [0.3, 0.4) is 0 Å². The molecule has 2 heterocycles. The summed E-state index contributed by atoms with van der Waals surface area (Å²) in [5.74, 6) is 1.42. The van der Waals surface area contributed by atoms with Gasteiger partial charge in [0.2, 0.25) is 0 Å². The van der Waals surface area contributed by atoms with Crippen LogP contribution < -0.4 is 15.8 Å². The van der Waals surface area contributed by atoms with E-state index in [1.165, 1.54) is 0 Å². The maximum atomic E-state index is 11.0. The van der Waals surface area contributed by atoms with Gasteiger partial charge < -0.3 is 20.4 Å². The molecular weight excluding hydrogens is 256 g/mol. The summed E-state index contributed by atoms with van der Waals surface area (Å²) in [6.45, 7) is 3.92. The number of hydrogen-bond acceptors (Lipinski definition) is 4. The van der Waals surface area contributed by atoms with Gasteiger partial charge in [-0.1, -0.05) is 6.07 Å². The highest BCUT2D eigenvalue weighted by Gasteiger charge is 2.24. The largest absolute Gasteiger partial charge is 0.410 e. The summed E-state index contributed by atoms with van der Waals surface area (Å²) >= 11 is 0. The van der Waals surface area contributed by atoms with E-state index in [0.717, 1.165) is 37.3 Å². The third-order valence-electron chi connectivity index (χ3n) is 3.67. The predicted molar refractivity (Wildman–Crippen MR) is 75.6 cm³/mol. The summed E-state index contributed by atoms with van der Waals surface area (Å²) in [7, 11) is 0. The monoisotopic (exact) mass is 274 g/mol. The Kier molecular flexibility index (Phi) is 3.31. The molecule has 0 bridgehead atoms. The van der Waals surface area contributed by atoms with Crippen molar-refractivity contribution in [3.8, 4) is 5.75 Å². The number of nitrogens with one attached hydrogen (secondary N) is 1. The summed E-state index contributed by atoms with van der Waals surface area (Å²) < 4.78 is 7.20. The second-order valence-electron chi connectivity index (χ2n) is 4.91. The SMILES string of the molecule is CCn1c(C2CCCN2)nc2c(OC(N)=O)cccc21. The summed E-state index contributed by atoms with van der Waals surface area (Å²) in [6, 6.07) is 5.81. The number of primary amides is 1. The van der Waals surface area contributed by atoms with E-state index >= 15 is 0 Å². The first-order valence-electron chi connectivity index (χ1n) is 6.90. The molecule has 1 fully saturated rings. The highest BCUT2D eigenvalue weighted by Crippen LogP contribution is 2.31. The maximum Gasteiger partial charge on any atom is 0.410 e. The van der Waals surface area contributed by atoms with Crippen molar-refractivity contribution in [2.75, 3.05) is 6.54 Å². The molecule has 1 aliphatic heterocycles. The number of carbonyl (C=O) groups is 1. The van der Waals surface area contributed by atoms with E-state index in [0.29, 0.717) is 11.3 Å². The lowest BCUT2D eigenvalue weighted by molar-refractivity contribution is 0.211. The number of ether oxygens (including phenoxy) is 1. The average Bonchev–Trinajstić information content (AvgIpc) is 3.05. The highest BCUT2D eigenvalue weighted by molar-refractivity contribution is 5.85. The molecule has 0 radical (unpaired) electrons. The normalized spacial score (nSPS) is 18.6. The summed E-state index contributed by atoms with van der Waals surface area (Å²) in [4.78, 5) is 15.7. The number of para-hydroxylation sites is 1. The Balaban J connectivity index is 2.14. The van der Waals surface area contributed by atoms with E-state index in [9.17, 15) is 4.79 Å². The summed E-state index contributed by atoms with van der Waals surface area (Å²) in [6.07, 6.45) is 1.42. The zero-order valence-corrected chi connectivity index (χ0v) is 11.4. The van der Waals surface area contributed by atoms with Crippen LogP contribution in [0.5, 0.6) is 5.75 Å². The van der Waals surface area contributed by atoms with Gasteiger partial charge in [0.25, 0.3) is 0 Å². The van der Waals surface area contributed by atoms with Gasteiger partial charge in [0.05, 0.1) is 11.6 Å². The lowest BCUT2D eigenvalue weighted by Crippen LogP contribution is -2.17. The van der Waals surface area contributed by atoms with E-state index in [-0.39, 0.29) is 6.04 Å². The molecule has 0 spiro atoms. The average molecular weight is 274 g/mol. The number of benzene rings is 1. The van der Waals surface area contributed by atoms with Crippen molar-refractivity contribution in [2.24, 2.45) is 5.73 Å². The fourth-order valence-electron chi connectivity index (χ4n) is 2.83. The number of nitrogens with zero attached hydrogens (tertiary/aromatic N) is 2. The lowest BCUT2D eigenvalue weighted by Gasteiger charge is -2.12. The minimum Gasteiger partial charge on any atom is -0.408 e. The van der Waals surface area contributed by atoms with Gasteiger partial charge in [0.1, 0.15) is 11.3 Å². The number of hydrogen-bond donors (Lipinski definition) is 2. The van der Waals surface area contributed by atoms with Crippen LogP contribution in [0, 0.1) is 0 Å². The number of aryl methyl sites for hydroxylation is 1. The Labute approximate surface area is 116 Å². The number of aromatic nitrogens is 2. The number of carbonyl (C=O) groups excluding carboxylic acids is 1. The lowest BCUT2D eigenvalue weighted by atomic mass is 10.2. The molecule has 1 atom stereocenters. The van der Waals surface area contributed by atoms with Gasteiger partial charge in [-0.2, -0.15) is 0 Å². The molecule has 1 saturated heterocycles. The number of amides is 1. The third-order valence-corrected chi connectivity index (χ3v) is 3.67. The van der Waals surface area contributed by atoms with Crippen molar-refractivity contribution in [3.05, 3.63) is 24.0 Å². The van der Waals surface area contributed by atoms with Crippen molar-refractivity contribution in [1.82, 2.24) is 14.9 Å². The number of nitrogens with two attached hydrogens (primary N) is 1. The molecule has 0 saturated carbocycles. The molecule has 2 aromatic rings. The Hall–Kier alpha value is -2.08. The molecule has 6 nitrogen and oxygen atoms in total. The molecule has 1 unspecified atom stereocenters. The van der Waals surface area contributed by atoms with Crippen LogP contribution in [0.1, 0.15) is 31.6 Å². The van der Waals surface area contributed by atoms with E-state index < -0.39 is 6.09 Å². The topological polar surface area (TPSA) is 82.2 Å². The van der Waals surface area contributed by atoms with Crippen molar-refractivity contribution in [1.29, 1.82) is 0 Å². The fraction of sp³-hybridized carbons (Fsp3) is 0.429. The van der Waals surface area contributed by atoms with Gasteiger partial charge in [0.15, 0.2) is 5.75 Å². The second-order valence-corrected chi connectivity index (χ2v) is 4.91. The van der Waals surface area contributed by atoms with Gasteiger partial charge in [-0.25, -0.2) is 9.78 Å². The van der Waals surface area contributed by atoms with Gasteiger partial charge in [-0.05, 0) is 38.4 Å². The highest BCUT2D eigenvalue weighted by atomic mass is 16.5. The number of fused-ring (bicyclic) bond motifs is 1. The molecule has 1 aliphatic rings. The first-order valence-corrected chi connectivity index (χ1v) is 6.90. The zero-order chi connectivity index (χ0) is 14.1. The minimum atomic E-state index is -0.816. The van der Waals surface area contributed by atoms with Crippen molar-refractivity contribution >= 4 is 17.1 Å². The molecule has 106 valence electrons. The van der Waals surface area contributed by atoms with E-state index in [4.69, 9.17) is 10.5 Å². The molecule has 1 aromatic carbocycles. The van der Waals surface area contributed by atoms with Gasteiger partial charge in [-0.15, -0.1) is 0 Å². The Morgan fingerprint density at radius 2 is 2.45 bits per heavy atom. The second kappa shape index (κ2) is 5.13. The van der Waals surface area contributed by atoms with Crippen LogP contribution in [0.25, 0.3) is 11.0 Å². The molecule has 20 heavy (non-hydrogen) atoms. The van der Waals surface area contributed by atoms with Crippen LogP contribution in [0.15, 0.2) is 18.2 Å². The molecule has 6 heteroatoms. The Morgan fingerprint density at radius 3 is 3.10 bits per heavy atom. The number of imidazole rings is 1. The van der Waals surface area contributed by atoms with E-state index in [1.807, 2.05) is 12.1 Å².